The normalized spacial score (nSPS) is 14.6. The summed E-state index contributed by atoms with van der Waals surface area (Å²) in [6.45, 7) is 2.93. The van der Waals surface area contributed by atoms with Gasteiger partial charge >= 0.3 is 0 Å². The van der Waals surface area contributed by atoms with E-state index in [4.69, 9.17) is 4.74 Å². The Balaban J connectivity index is 1.51. The molecule has 0 atom stereocenters. The van der Waals surface area contributed by atoms with Crippen LogP contribution in [0.4, 0.5) is 5.69 Å². The number of amides is 1. The first-order valence-corrected chi connectivity index (χ1v) is 12.2. The van der Waals surface area contributed by atoms with Crippen molar-refractivity contribution in [1.29, 1.82) is 0 Å². The number of carbonyl (C=O) groups excluding carboxylic acids is 1. The van der Waals surface area contributed by atoms with Crippen molar-refractivity contribution in [2.24, 2.45) is 0 Å². The SMILES string of the molecule is CCOc1ccc(NC(=O)Cn2nnc(-c3ccsc3)n2)cc1S(=O)(=O)N1CCCC1. The number of carbonyl (C=O) groups is 1. The lowest BCUT2D eigenvalue weighted by Crippen LogP contribution is -2.28. The molecule has 0 radical (unpaired) electrons. The number of anilines is 1. The molecule has 1 N–H and O–H groups in total. The molecular formula is C19H22N6O4S2. The monoisotopic (exact) mass is 462 g/mol. The fourth-order valence-corrected chi connectivity index (χ4v) is 5.58. The largest absolute Gasteiger partial charge is 0.492 e. The van der Waals surface area contributed by atoms with E-state index >= 15 is 0 Å². The summed E-state index contributed by atoms with van der Waals surface area (Å²) in [5.74, 6) is 0.308. The van der Waals surface area contributed by atoms with Crippen molar-refractivity contribution >= 4 is 33.0 Å². The summed E-state index contributed by atoms with van der Waals surface area (Å²) in [6, 6.07) is 6.47. The summed E-state index contributed by atoms with van der Waals surface area (Å²) in [7, 11) is -3.71. The maximum Gasteiger partial charge on any atom is 0.248 e. The number of hydrogen-bond donors (Lipinski definition) is 1. The minimum atomic E-state index is -3.71. The molecule has 31 heavy (non-hydrogen) atoms. The minimum Gasteiger partial charge on any atom is -0.492 e. The number of tetrazole rings is 1. The highest BCUT2D eigenvalue weighted by atomic mass is 32.2. The van der Waals surface area contributed by atoms with E-state index in [1.54, 1.807) is 19.1 Å². The van der Waals surface area contributed by atoms with E-state index in [2.05, 4.69) is 20.7 Å². The van der Waals surface area contributed by atoms with E-state index in [0.717, 1.165) is 18.4 Å². The second-order valence-electron chi connectivity index (χ2n) is 6.91. The Kier molecular flexibility index (Phi) is 6.30. The van der Waals surface area contributed by atoms with Gasteiger partial charge in [0.1, 0.15) is 17.2 Å². The van der Waals surface area contributed by atoms with Gasteiger partial charge in [-0.3, -0.25) is 4.79 Å². The zero-order chi connectivity index (χ0) is 21.8. The van der Waals surface area contributed by atoms with Crippen LogP contribution in [0.3, 0.4) is 0 Å². The Morgan fingerprint density at radius 3 is 2.77 bits per heavy atom. The van der Waals surface area contributed by atoms with Crippen molar-refractivity contribution in [2.45, 2.75) is 31.2 Å². The molecule has 4 rings (SSSR count). The Hall–Kier alpha value is -2.83. The van der Waals surface area contributed by atoms with Crippen LogP contribution >= 0.6 is 11.3 Å². The number of nitrogens with one attached hydrogen (secondary N) is 1. The molecule has 1 aliphatic heterocycles. The lowest BCUT2D eigenvalue weighted by molar-refractivity contribution is -0.117. The van der Waals surface area contributed by atoms with Crippen LogP contribution in [-0.4, -0.2) is 58.5 Å². The van der Waals surface area contributed by atoms with Gasteiger partial charge in [0.15, 0.2) is 0 Å². The van der Waals surface area contributed by atoms with Gasteiger partial charge in [-0.1, -0.05) is 0 Å². The number of thiophene rings is 1. The predicted molar refractivity (Wildman–Crippen MR) is 115 cm³/mol. The number of ether oxygens (including phenoxy) is 1. The van der Waals surface area contributed by atoms with E-state index in [0.29, 0.717) is 31.2 Å². The number of hydrogen-bond acceptors (Lipinski definition) is 8. The molecule has 1 aliphatic rings. The Morgan fingerprint density at radius 2 is 2.06 bits per heavy atom. The van der Waals surface area contributed by atoms with Gasteiger partial charge in [-0.2, -0.15) is 20.4 Å². The highest BCUT2D eigenvalue weighted by molar-refractivity contribution is 7.89. The predicted octanol–water partition coefficient (Wildman–Crippen LogP) is 2.22. The van der Waals surface area contributed by atoms with Crippen LogP contribution in [0.2, 0.25) is 0 Å². The molecule has 164 valence electrons. The summed E-state index contributed by atoms with van der Waals surface area (Å²) in [6.07, 6.45) is 1.66. The molecule has 0 spiro atoms. The lowest BCUT2D eigenvalue weighted by atomic mass is 10.3. The lowest BCUT2D eigenvalue weighted by Gasteiger charge is -2.19. The van der Waals surface area contributed by atoms with Crippen LogP contribution < -0.4 is 10.1 Å². The van der Waals surface area contributed by atoms with Gasteiger partial charge in [0, 0.05) is 29.7 Å². The third-order valence-corrected chi connectivity index (χ3v) is 7.33. The van der Waals surface area contributed by atoms with E-state index in [9.17, 15) is 13.2 Å². The number of sulfonamides is 1. The standard InChI is InChI=1S/C19H22N6O4S2/c1-2-29-16-6-5-15(11-17(16)31(27,28)24-8-3-4-9-24)20-18(26)12-25-22-19(21-23-25)14-7-10-30-13-14/h5-7,10-11,13H,2-4,8-9,12H2,1H3,(H,20,26). The molecule has 0 aliphatic carbocycles. The quantitative estimate of drug-likeness (QED) is 0.545. The first-order chi connectivity index (χ1) is 15.0. The molecule has 1 amide bonds. The third-order valence-electron chi connectivity index (χ3n) is 4.73. The van der Waals surface area contributed by atoms with Crippen molar-refractivity contribution in [1.82, 2.24) is 24.5 Å². The topological polar surface area (TPSA) is 119 Å². The molecule has 2 aromatic heterocycles. The van der Waals surface area contributed by atoms with Crippen molar-refractivity contribution < 1.29 is 17.9 Å². The second-order valence-corrected chi connectivity index (χ2v) is 9.60. The molecule has 3 aromatic rings. The Morgan fingerprint density at radius 1 is 1.26 bits per heavy atom. The fraction of sp³-hybridized carbons (Fsp3) is 0.368. The molecule has 10 nitrogen and oxygen atoms in total. The van der Waals surface area contributed by atoms with Gasteiger partial charge in [-0.05, 0) is 54.6 Å². The molecule has 0 saturated carbocycles. The van der Waals surface area contributed by atoms with Crippen molar-refractivity contribution in [3.63, 3.8) is 0 Å². The molecule has 0 unspecified atom stereocenters. The van der Waals surface area contributed by atoms with Gasteiger partial charge in [0.25, 0.3) is 0 Å². The van der Waals surface area contributed by atoms with Crippen LogP contribution in [0, 0.1) is 0 Å². The number of benzene rings is 1. The first kappa shape index (κ1) is 21.4. The highest BCUT2D eigenvalue weighted by Crippen LogP contribution is 2.31. The number of rotatable bonds is 8. The average molecular weight is 463 g/mol. The number of aromatic nitrogens is 4. The molecule has 1 saturated heterocycles. The van der Waals surface area contributed by atoms with Crippen LogP contribution in [0.25, 0.3) is 11.4 Å². The molecule has 12 heteroatoms. The third kappa shape index (κ3) is 4.75. The van der Waals surface area contributed by atoms with Gasteiger partial charge in [0.05, 0.1) is 6.61 Å². The van der Waals surface area contributed by atoms with Gasteiger partial charge in [0.2, 0.25) is 21.8 Å². The average Bonchev–Trinajstić information content (AvgIpc) is 3.51. The van der Waals surface area contributed by atoms with Gasteiger partial charge in [-0.25, -0.2) is 8.42 Å². The summed E-state index contributed by atoms with van der Waals surface area (Å²) in [4.78, 5) is 13.7. The zero-order valence-corrected chi connectivity index (χ0v) is 18.5. The second kappa shape index (κ2) is 9.12. The van der Waals surface area contributed by atoms with E-state index in [-0.39, 0.29) is 17.2 Å². The first-order valence-electron chi connectivity index (χ1n) is 9.84. The Bertz CT molecular complexity index is 1150. The smallest absolute Gasteiger partial charge is 0.248 e. The van der Waals surface area contributed by atoms with Crippen LogP contribution in [0.5, 0.6) is 5.75 Å². The summed E-state index contributed by atoms with van der Waals surface area (Å²) < 4.78 is 33.1. The number of nitrogens with zero attached hydrogens (tertiary/aromatic N) is 5. The van der Waals surface area contributed by atoms with Crippen molar-refractivity contribution in [3.8, 4) is 17.1 Å². The molecular weight excluding hydrogens is 440 g/mol. The summed E-state index contributed by atoms with van der Waals surface area (Å²) >= 11 is 1.52. The molecule has 1 aromatic carbocycles. The Labute approximate surface area is 183 Å². The zero-order valence-electron chi connectivity index (χ0n) is 16.9. The molecule has 3 heterocycles. The maximum atomic E-state index is 13.1. The van der Waals surface area contributed by atoms with Crippen molar-refractivity contribution in [3.05, 3.63) is 35.0 Å². The van der Waals surface area contributed by atoms with Gasteiger partial charge < -0.3 is 10.1 Å². The van der Waals surface area contributed by atoms with Crippen LogP contribution in [0.1, 0.15) is 19.8 Å². The van der Waals surface area contributed by atoms with Crippen LogP contribution in [-0.2, 0) is 21.4 Å². The minimum absolute atomic E-state index is 0.0488. The van der Waals surface area contributed by atoms with E-state index in [1.165, 1.54) is 26.5 Å². The summed E-state index contributed by atoms with van der Waals surface area (Å²) in [5, 5.41) is 18.5. The molecule has 1 fully saturated rings. The summed E-state index contributed by atoms with van der Waals surface area (Å²) in [5.41, 5.74) is 1.18. The highest BCUT2D eigenvalue weighted by Gasteiger charge is 2.30. The van der Waals surface area contributed by atoms with E-state index < -0.39 is 15.9 Å². The van der Waals surface area contributed by atoms with Crippen LogP contribution in [0.15, 0.2) is 39.9 Å². The molecule has 0 bridgehead atoms. The van der Waals surface area contributed by atoms with E-state index in [1.807, 2.05) is 16.8 Å². The maximum absolute atomic E-state index is 13.1. The van der Waals surface area contributed by atoms with Gasteiger partial charge in [-0.15, -0.1) is 10.2 Å². The van der Waals surface area contributed by atoms with Crippen molar-refractivity contribution in [2.75, 3.05) is 25.0 Å². The fourth-order valence-electron chi connectivity index (χ4n) is 3.28.